The zero-order valence-corrected chi connectivity index (χ0v) is 12.7. The summed E-state index contributed by atoms with van der Waals surface area (Å²) in [6.45, 7) is 5.11. The van der Waals surface area contributed by atoms with E-state index in [1.54, 1.807) is 5.57 Å². The minimum absolute atomic E-state index is 0.122. The molecule has 3 aliphatic carbocycles. The van der Waals surface area contributed by atoms with Gasteiger partial charge in [-0.2, -0.15) is 0 Å². The van der Waals surface area contributed by atoms with Crippen LogP contribution in [0.1, 0.15) is 39.0 Å². The van der Waals surface area contributed by atoms with Crippen LogP contribution in [0.3, 0.4) is 0 Å². The zero-order chi connectivity index (χ0) is 14.1. The van der Waals surface area contributed by atoms with Gasteiger partial charge in [0.25, 0.3) is 0 Å². The highest BCUT2D eigenvalue weighted by Gasteiger charge is 2.70. The number of ether oxygens (including phenoxy) is 4. The molecule has 1 unspecified atom stereocenters. The molecule has 2 aliphatic heterocycles. The van der Waals surface area contributed by atoms with Gasteiger partial charge in [0.2, 0.25) is 0 Å². The van der Waals surface area contributed by atoms with Crippen LogP contribution >= 0.6 is 0 Å². The maximum atomic E-state index is 6.13. The van der Waals surface area contributed by atoms with Crippen LogP contribution in [0.15, 0.2) is 11.6 Å². The molecule has 4 fully saturated rings. The fraction of sp³-hybridized carbons (Fsp3) is 0.882. The van der Waals surface area contributed by atoms with Crippen molar-refractivity contribution in [3.8, 4) is 0 Å². The molecule has 4 heteroatoms. The van der Waals surface area contributed by atoms with E-state index in [0.29, 0.717) is 11.8 Å². The molecule has 3 atom stereocenters. The lowest BCUT2D eigenvalue weighted by molar-refractivity contribution is -0.272. The van der Waals surface area contributed by atoms with Gasteiger partial charge in [-0.05, 0) is 38.5 Å². The number of fused-ring (bicyclic) bond motifs is 6. The van der Waals surface area contributed by atoms with Crippen molar-refractivity contribution in [3.63, 3.8) is 0 Å². The van der Waals surface area contributed by atoms with Crippen LogP contribution in [0.4, 0.5) is 0 Å². The molecule has 5 rings (SSSR count). The predicted octanol–water partition coefficient (Wildman–Crippen LogP) is 2.63. The van der Waals surface area contributed by atoms with E-state index in [-0.39, 0.29) is 11.2 Å². The lowest BCUT2D eigenvalue weighted by Crippen LogP contribution is -2.53. The molecule has 2 heterocycles. The first-order chi connectivity index (χ1) is 10.2. The fourth-order valence-electron chi connectivity index (χ4n) is 5.93. The van der Waals surface area contributed by atoms with E-state index in [1.807, 2.05) is 0 Å². The van der Waals surface area contributed by atoms with Gasteiger partial charge >= 0.3 is 0 Å². The number of rotatable bonds is 1. The normalized spacial score (nSPS) is 46.0. The van der Waals surface area contributed by atoms with Crippen molar-refractivity contribution in [1.82, 2.24) is 0 Å². The van der Waals surface area contributed by atoms with Crippen LogP contribution in [0.25, 0.3) is 0 Å². The van der Waals surface area contributed by atoms with Crippen molar-refractivity contribution in [2.75, 3.05) is 26.4 Å². The summed E-state index contributed by atoms with van der Waals surface area (Å²) in [5.41, 5.74) is 1.70. The van der Waals surface area contributed by atoms with Gasteiger partial charge in [-0.15, -0.1) is 0 Å². The highest BCUT2D eigenvalue weighted by molar-refractivity contribution is 5.32. The Morgan fingerprint density at radius 3 is 2.43 bits per heavy atom. The Kier molecular flexibility index (Phi) is 2.55. The van der Waals surface area contributed by atoms with Crippen LogP contribution in [0.2, 0.25) is 0 Å². The molecule has 0 aromatic rings. The largest absolute Gasteiger partial charge is 0.347 e. The Morgan fingerprint density at radius 2 is 1.67 bits per heavy atom. The predicted molar refractivity (Wildman–Crippen MR) is 75.5 cm³/mol. The average Bonchev–Trinajstić information content (AvgIpc) is 3.20. The van der Waals surface area contributed by atoms with E-state index in [9.17, 15) is 0 Å². The van der Waals surface area contributed by atoms with E-state index in [1.165, 1.54) is 12.8 Å². The summed E-state index contributed by atoms with van der Waals surface area (Å²) in [4.78, 5) is 0. The first-order valence-corrected chi connectivity index (χ1v) is 8.45. The Labute approximate surface area is 125 Å². The first kappa shape index (κ1) is 13.1. The molecule has 0 aromatic carbocycles. The van der Waals surface area contributed by atoms with E-state index in [2.05, 4.69) is 13.0 Å². The van der Waals surface area contributed by atoms with Crippen LogP contribution in [-0.2, 0) is 18.9 Å². The Balaban J connectivity index is 1.59. The second kappa shape index (κ2) is 4.10. The van der Waals surface area contributed by atoms with Gasteiger partial charge in [-0.3, -0.25) is 0 Å². The zero-order valence-electron chi connectivity index (χ0n) is 12.7. The first-order valence-electron chi connectivity index (χ1n) is 8.45. The minimum Gasteiger partial charge on any atom is -0.347 e. The highest BCUT2D eigenvalue weighted by atomic mass is 16.7. The van der Waals surface area contributed by atoms with Crippen molar-refractivity contribution in [2.24, 2.45) is 17.3 Å². The number of hydrogen-bond donors (Lipinski definition) is 0. The summed E-state index contributed by atoms with van der Waals surface area (Å²) in [7, 11) is 0. The molecule has 5 aliphatic rings. The third kappa shape index (κ3) is 1.45. The van der Waals surface area contributed by atoms with Crippen molar-refractivity contribution < 1.29 is 18.9 Å². The summed E-state index contributed by atoms with van der Waals surface area (Å²) >= 11 is 0. The molecular formula is C17H24O4. The quantitative estimate of drug-likeness (QED) is 0.696. The standard InChI is InChI=1S/C17H24O4/c1-15(18-7-8-19-15)16-5-6-17(20-9-10-21-17)14(11-16)12-3-2-4-13(12)16/h3,13-14H,2,4-11H2,1H3/t13?,14-,16-/m0/s1. The maximum absolute atomic E-state index is 6.13. The van der Waals surface area contributed by atoms with Gasteiger partial charge in [0, 0.05) is 17.8 Å². The molecule has 0 N–H and O–H groups in total. The van der Waals surface area contributed by atoms with Gasteiger partial charge in [-0.25, -0.2) is 0 Å². The molecule has 2 saturated heterocycles. The number of allylic oxidation sites excluding steroid dienone is 1. The van der Waals surface area contributed by atoms with Crippen LogP contribution in [-0.4, -0.2) is 38.0 Å². The molecule has 116 valence electrons. The van der Waals surface area contributed by atoms with Crippen LogP contribution < -0.4 is 0 Å². The van der Waals surface area contributed by atoms with Gasteiger partial charge in [-0.1, -0.05) is 11.6 Å². The molecule has 4 nitrogen and oxygen atoms in total. The minimum atomic E-state index is -0.421. The smallest absolute Gasteiger partial charge is 0.174 e. The Bertz CT molecular complexity index is 487. The Morgan fingerprint density at radius 1 is 0.952 bits per heavy atom. The number of hydrogen-bond acceptors (Lipinski definition) is 4. The molecule has 0 radical (unpaired) electrons. The monoisotopic (exact) mass is 292 g/mol. The molecule has 0 amide bonds. The molecule has 2 saturated carbocycles. The van der Waals surface area contributed by atoms with E-state index < -0.39 is 5.79 Å². The second-order valence-electron chi connectivity index (χ2n) is 7.40. The summed E-state index contributed by atoms with van der Waals surface area (Å²) in [6.07, 6.45) is 8.04. The maximum Gasteiger partial charge on any atom is 0.174 e. The lowest BCUT2D eigenvalue weighted by Gasteiger charge is -2.50. The topological polar surface area (TPSA) is 36.9 Å². The summed E-state index contributed by atoms with van der Waals surface area (Å²) in [5, 5.41) is 0. The van der Waals surface area contributed by atoms with Crippen molar-refractivity contribution in [2.45, 2.75) is 50.6 Å². The molecule has 0 aromatic heterocycles. The third-order valence-corrected chi connectivity index (χ3v) is 6.84. The average molecular weight is 292 g/mol. The molecule has 1 spiro atoms. The summed E-state index contributed by atoms with van der Waals surface area (Å²) in [5.74, 6) is 0.239. The van der Waals surface area contributed by atoms with Gasteiger partial charge in [0.05, 0.1) is 26.4 Å². The fourth-order valence-corrected chi connectivity index (χ4v) is 5.93. The van der Waals surface area contributed by atoms with Crippen LogP contribution in [0.5, 0.6) is 0 Å². The Hall–Kier alpha value is -0.420. The molecule has 2 bridgehead atoms. The van der Waals surface area contributed by atoms with E-state index in [0.717, 1.165) is 45.7 Å². The summed E-state index contributed by atoms with van der Waals surface area (Å²) < 4.78 is 24.5. The second-order valence-corrected chi connectivity index (χ2v) is 7.40. The van der Waals surface area contributed by atoms with Gasteiger partial charge < -0.3 is 18.9 Å². The van der Waals surface area contributed by atoms with Gasteiger partial charge in [0.15, 0.2) is 11.6 Å². The third-order valence-electron chi connectivity index (χ3n) is 6.84. The SMILES string of the molecule is CC1([C@@]23CCC4(OCCO4)[C@@H](C2)C2=CCCC23)OCCO1. The highest BCUT2D eigenvalue weighted by Crippen LogP contribution is 2.69. The molecule has 21 heavy (non-hydrogen) atoms. The molecular weight excluding hydrogens is 268 g/mol. The van der Waals surface area contributed by atoms with Gasteiger partial charge in [0.1, 0.15) is 0 Å². The van der Waals surface area contributed by atoms with E-state index in [4.69, 9.17) is 18.9 Å². The lowest BCUT2D eigenvalue weighted by atomic mass is 9.64. The summed E-state index contributed by atoms with van der Waals surface area (Å²) in [6, 6.07) is 0. The van der Waals surface area contributed by atoms with Crippen molar-refractivity contribution in [3.05, 3.63) is 11.6 Å². The van der Waals surface area contributed by atoms with Crippen molar-refractivity contribution >= 4 is 0 Å². The van der Waals surface area contributed by atoms with Crippen LogP contribution in [0, 0.1) is 17.3 Å². The van der Waals surface area contributed by atoms with E-state index >= 15 is 0 Å². The van der Waals surface area contributed by atoms with Crippen molar-refractivity contribution in [1.29, 1.82) is 0 Å².